The molecule has 2 nitrogen and oxygen atoms in total. The van der Waals surface area contributed by atoms with Crippen molar-refractivity contribution in [2.45, 2.75) is 52.0 Å². The first-order valence-corrected chi connectivity index (χ1v) is 7.74. The molecule has 0 aromatic heterocycles. The molecular formula is C17H29NO. The molecule has 2 heteroatoms. The molecule has 0 fully saturated rings. The quantitative estimate of drug-likeness (QED) is 0.600. The average molecular weight is 263 g/mol. The van der Waals surface area contributed by atoms with E-state index in [-0.39, 0.29) is 0 Å². The molecule has 0 heterocycles. The molecule has 0 aliphatic rings. The van der Waals surface area contributed by atoms with Crippen LogP contribution in [0, 0.1) is 0 Å². The normalized spacial score (nSPS) is 12.5. The van der Waals surface area contributed by atoms with Gasteiger partial charge in [0.2, 0.25) is 0 Å². The fourth-order valence-electron chi connectivity index (χ4n) is 2.11. The van der Waals surface area contributed by atoms with Crippen LogP contribution >= 0.6 is 0 Å². The number of ether oxygens (including phenoxy) is 1. The Balaban J connectivity index is 2.30. The van der Waals surface area contributed by atoms with Crippen LogP contribution in [0.5, 0.6) is 0 Å². The van der Waals surface area contributed by atoms with Crippen LogP contribution in [0.4, 0.5) is 0 Å². The van der Waals surface area contributed by atoms with Gasteiger partial charge in [-0.05, 0) is 24.9 Å². The highest BCUT2D eigenvalue weighted by molar-refractivity contribution is 5.18. The predicted molar refractivity (Wildman–Crippen MR) is 82.4 cm³/mol. The van der Waals surface area contributed by atoms with E-state index in [1.807, 2.05) is 0 Å². The molecule has 0 aliphatic carbocycles. The van der Waals surface area contributed by atoms with E-state index in [2.05, 4.69) is 49.5 Å². The van der Waals surface area contributed by atoms with Crippen LogP contribution in [0.15, 0.2) is 30.3 Å². The van der Waals surface area contributed by atoms with Crippen LogP contribution in [0.3, 0.4) is 0 Å². The number of benzene rings is 1. The Morgan fingerprint density at radius 1 is 1.00 bits per heavy atom. The number of rotatable bonds is 11. The average Bonchev–Trinajstić information content (AvgIpc) is 2.46. The first-order chi connectivity index (χ1) is 9.38. The van der Waals surface area contributed by atoms with Crippen molar-refractivity contribution in [3.05, 3.63) is 35.9 Å². The minimum absolute atomic E-state index is 0.326. The largest absolute Gasteiger partial charge is 0.379 e. The lowest BCUT2D eigenvalue weighted by Crippen LogP contribution is -2.26. The molecule has 1 rings (SSSR count). The lowest BCUT2D eigenvalue weighted by molar-refractivity contribution is 0.108. The maximum Gasteiger partial charge on any atom is 0.0661 e. The second kappa shape index (κ2) is 11.0. The maximum absolute atomic E-state index is 5.83. The molecule has 0 saturated heterocycles. The summed E-state index contributed by atoms with van der Waals surface area (Å²) in [6.45, 7) is 7.13. The van der Waals surface area contributed by atoms with E-state index in [1.54, 1.807) is 0 Å². The Morgan fingerprint density at radius 3 is 2.47 bits per heavy atom. The summed E-state index contributed by atoms with van der Waals surface area (Å²) in [4.78, 5) is 0. The maximum atomic E-state index is 5.83. The van der Waals surface area contributed by atoms with Gasteiger partial charge in [-0.15, -0.1) is 0 Å². The van der Waals surface area contributed by atoms with Crippen molar-refractivity contribution in [3.8, 4) is 0 Å². The van der Waals surface area contributed by atoms with Crippen LogP contribution in [-0.4, -0.2) is 19.8 Å². The zero-order valence-corrected chi connectivity index (χ0v) is 12.5. The van der Waals surface area contributed by atoms with Gasteiger partial charge >= 0.3 is 0 Å². The van der Waals surface area contributed by atoms with Gasteiger partial charge in [-0.2, -0.15) is 0 Å². The van der Waals surface area contributed by atoms with Crippen molar-refractivity contribution >= 4 is 0 Å². The third kappa shape index (κ3) is 7.34. The Hall–Kier alpha value is -0.860. The first kappa shape index (κ1) is 16.2. The smallest absolute Gasteiger partial charge is 0.0661 e. The highest BCUT2D eigenvalue weighted by Gasteiger charge is 2.09. The monoisotopic (exact) mass is 263 g/mol. The molecule has 0 radical (unpaired) electrons. The summed E-state index contributed by atoms with van der Waals surface area (Å²) in [5.74, 6) is 0. The minimum Gasteiger partial charge on any atom is -0.379 e. The molecule has 0 bridgehead atoms. The van der Waals surface area contributed by atoms with Crippen molar-refractivity contribution in [2.24, 2.45) is 0 Å². The molecule has 0 spiro atoms. The predicted octanol–water partition coefficient (Wildman–Crippen LogP) is 4.32. The Kier molecular flexibility index (Phi) is 9.38. The van der Waals surface area contributed by atoms with E-state index in [0.717, 1.165) is 26.2 Å². The minimum atomic E-state index is 0.326. The van der Waals surface area contributed by atoms with Gasteiger partial charge in [0.05, 0.1) is 12.6 Å². The van der Waals surface area contributed by atoms with Gasteiger partial charge in [0.25, 0.3) is 0 Å². The summed E-state index contributed by atoms with van der Waals surface area (Å²) in [5.41, 5.74) is 1.32. The molecule has 108 valence electrons. The molecule has 1 N–H and O–H groups in total. The molecule has 1 atom stereocenters. The van der Waals surface area contributed by atoms with Crippen molar-refractivity contribution in [3.63, 3.8) is 0 Å². The third-order valence-electron chi connectivity index (χ3n) is 3.27. The summed E-state index contributed by atoms with van der Waals surface area (Å²) < 4.78 is 5.83. The van der Waals surface area contributed by atoms with Gasteiger partial charge in [-0.3, -0.25) is 0 Å². The second-order valence-electron chi connectivity index (χ2n) is 5.05. The van der Waals surface area contributed by atoms with Gasteiger partial charge in [-0.1, -0.05) is 63.4 Å². The Bertz CT molecular complexity index is 299. The Morgan fingerprint density at radius 2 is 1.79 bits per heavy atom. The fourth-order valence-corrected chi connectivity index (χ4v) is 2.11. The number of hydrogen-bond acceptors (Lipinski definition) is 2. The number of hydrogen-bond donors (Lipinski definition) is 1. The highest BCUT2D eigenvalue weighted by Crippen LogP contribution is 2.13. The Labute approximate surface area is 118 Å². The molecule has 19 heavy (non-hydrogen) atoms. The molecule has 0 aliphatic heterocycles. The molecule has 0 saturated carbocycles. The van der Waals surface area contributed by atoms with Crippen molar-refractivity contribution in [1.82, 2.24) is 5.32 Å². The topological polar surface area (TPSA) is 21.3 Å². The van der Waals surface area contributed by atoms with Crippen LogP contribution in [-0.2, 0) is 4.74 Å². The van der Waals surface area contributed by atoms with Gasteiger partial charge in [0.1, 0.15) is 0 Å². The SMILES string of the molecule is CCCCCCOCC(NCCC)c1ccccc1. The van der Waals surface area contributed by atoms with E-state index in [0.29, 0.717) is 6.04 Å². The lowest BCUT2D eigenvalue weighted by atomic mass is 10.1. The molecular weight excluding hydrogens is 234 g/mol. The molecule has 1 aromatic rings. The first-order valence-electron chi connectivity index (χ1n) is 7.74. The van der Waals surface area contributed by atoms with Crippen molar-refractivity contribution < 1.29 is 4.74 Å². The molecule has 1 aromatic carbocycles. The zero-order chi connectivity index (χ0) is 13.8. The standard InChI is InChI=1S/C17H29NO/c1-3-5-6-10-14-19-15-17(18-13-4-2)16-11-8-7-9-12-16/h7-9,11-12,17-18H,3-6,10,13-15H2,1-2H3. The van der Waals surface area contributed by atoms with Crippen molar-refractivity contribution in [1.29, 1.82) is 0 Å². The van der Waals surface area contributed by atoms with Gasteiger partial charge < -0.3 is 10.1 Å². The van der Waals surface area contributed by atoms with Crippen LogP contribution in [0.2, 0.25) is 0 Å². The van der Waals surface area contributed by atoms with Crippen LogP contribution in [0.1, 0.15) is 57.6 Å². The van der Waals surface area contributed by atoms with Crippen molar-refractivity contribution in [2.75, 3.05) is 19.8 Å². The summed E-state index contributed by atoms with van der Waals surface area (Å²) in [5, 5.41) is 3.56. The van der Waals surface area contributed by atoms with Gasteiger partial charge in [0, 0.05) is 6.61 Å². The lowest BCUT2D eigenvalue weighted by Gasteiger charge is -2.19. The van der Waals surface area contributed by atoms with Gasteiger partial charge in [-0.25, -0.2) is 0 Å². The van der Waals surface area contributed by atoms with Crippen LogP contribution in [0.25, 0.3) is 0 Å². The second-order valence-corrected chi connectivity index (χ2v) is 5.05. The van der Waals surface area contributed by atoms with E-state index in [9.17, 15) is 0 Å². The summed E-state index contributed by atoms with van der Waals surface area (Å²) in [6.07, 6.45) is 6.22. The fraction of sp³-hybridized carbons (Fsp3) is 0.647. The number of unbranched alkanes of at least 4 members (excludes halogenated alkanes) is 3. The number of nitrogens with one attached hydrogen (secondary N) is 1. The molecule has 0 amide bonds. The summed E-state index contributed by atoms with van der Waals surface area (Å²) in [7, 11) is 0. The van der Waals surface area contributed by atoms with Gasteiger partial charge in [0.15, 0.2) is 0 Å². The third-order valence-corrected chi connectivity index (χ3v) is 3.27. The molecule has 1 unspecified atom stereocenters. The highest BCUT2D eigenvalue weighted by atomic mass is 16.5. The zero-order valence-electron chi connectivity index (χ0n) is 12.5. The van der Waals surface area contributed by atoms with Crippen LogP contribution < -0.4 is 5.32 Å². The van der Waals surface area contributed by atoms with E-state index < -0.39 is 0 Å². The van der Waals surface area contributed by atoms with E-state index in [1.165, 1.54) is 31.2 Å². The summed E-state index contributed by atoms with van der Waals surface area (Å²) >= 11 is 0. The summed E-state index contributed by atoms with van der Waals surface area (Å²) in [6, 6.07) is 10.9. The van der Waals surface area contributed by atoms with E-state index >= 15 is 0 Å². The van der Waals surface area contributed by atoms with E-state index in [4.69, 9.17) is 4.74 Å².